The number of amides is 1. The summed E-state index contributed by atoms with van der Waals surface area (Å²) < 4.78 is 16.9. The quantitative estimate of drug-likeness (QED) is 0.680. The second-order valence-corrected chi connectivity index (χ2v) is 7.18. The number of carbonyl (C=O) groups is 1. The van der Waals surface area contributed by atoms with Gasteiger partial charge in [-0.2, -0.15) is 0 Å². The number of oxazole rings is 1. The topological polar surface area (TPSA) is 73.6 Å². The Morgan fingerprint density at radius 1 is 1.10 bits per heavy atom. The fourth-order valence-electron chi connectivity index (χ4n) is 3.22. The van der Waals surface area contributed by atoms with E-state index in [9.17, 15) is 4.79 Å². The van der Waals surface area contributed by atoms with E-state index in [1.807, 2.05) is 56.3 Å². The van der Waals surface area contributed by atoms with Crippen LogP contribution in [0.2, 0.25) is 0 Å². The van der Waals surface area contributed by atoms with Crippen molar-refractivity contribution in [3.8, 4) is 22.8 Å². The first-order valence-electron chi connectivity index (χ1n) is 9.79. The third-order valence-electron chi connectivity index (χ3n) is 4.90. The van der Waals surface area contributed by atoms with E-state index in [1.54, 1.807) is 6.20 Å². The molecule has 1 amide bonds. The molecule has 1 aliphatic heterocycles. The van der Waals surface area contributed by atoms with Crippen molar-refractivity contribution in [3.63, 3.8) is 0 Å². The zero-order chi connectivity index (χ0) is 20.2. The number of rotatable bonds is 6. The first-order valence-corrected chi connectivity index (χ1v) is 9.79. The fraction of sp³-hybridized carbons (Fsp3) is 0.304. The number of aromatic nitrogens is 1. The molecule has 0 fully saturated rings. The lowest BCUT2D eigenvalue weighted by Crippen LogP contribution is -2.27. The minimum atomic E-state index is -0.133. The molecule has 1 N–H and O–H groups in total. The summed E-state index contributed by atoms with van der Waals surface area (Å²) in [6.07, 6.45) is 2.46. The van der Waals surface area contributed by atoms with Gasteiger partial charge in [0.1, 0.15) is 13.2 Å². The van der Waals surface area contributed by atoms with Crippen molar-refractivity contribution in [2.45, 2.75) is 32.7 Å². The Balaban J connectivity index is 1.31. The van der Waals surface area contributed by atoms with Crippen LogP contribution in [-0.2, 0) is 11.2 Å². The average Bonchev–Trinajstić information content (AvgIpc) is 3.21. The van der Waals surface area contributed by atoms with Crippen LogP contribution in [0.3, 0.4) is 0 Å². The lowest BCUT2D eigenvalue weighted by molar-refractivity contribution is -0.121. The van der Waals surface area contributed by atoms with Crippen molar-refractivity contribution in [3.05, 3.63) is 65.7 Å². The molecule has 1 aromatic heterocycles. The minimum Gasteiger partial charge on any atom is -0.486 e. The molecule has 2 heterocycles. The van der Waals surface area contributed by atoms with Crippen LogP contribution in [0.15, 0.2) is 53.1 Å². The smallest absolute Gasteiger partial charge is 0.220 e. The Hall–Kier alpha value is -3.28. The molecular weight excluding hydrogens is 368 g/mol. The van der Waals surface area contributed by atoms with Gasteiger partial charge in [0.05, 0.1) is 12.2 Å². The number of ether oxygens (including phenoxy) is 2. The van der Waals surface area contributed by atoms with Crippen molar-refractivity contribution in [2.24, 2.45) is 0 Å². The number of carbonyl (C=O) groups excluding carboxylic acids is 1. The standard InChI is InChI=1S/C23H24N2O4/c1-15-3-5-17(6-4-15)21-14-24-23(29-21)10-9-22(26)25-16(2)18-7-8-19-20(13-18)28-12-11-27-19/h3-8,13-14,16H,9-12H2,1-2H3,(H,25,26). The average molecular weight is 392 g/mol. The number of aryl methyl sites for hydroxylation is 2. The molecule has 1 aliphatic rings. The summed E-state index contributed by atoms with van der Waals surface area (Å²) in [5.41, 5.74) is 3.14. The van der Waals surface area contributed by atoms with E-state index in [-0.39, 0.29) is 11.9 Å². The summed E-state index contributed by atoms with van der Waals surface area (Å²) in [6.45, 7) is 5.09. The van der Waals surface area contributed by atoms with Gasteiger partial charge in [0.2, 0.25) is 5.91 Å². The van der Waals surface area contributed by atoms with E-state index in [2.05, 4.69) is 10.3 Å². The highest BCUT2D eigenvalue weighted by Crippen LogP contribution is 2.32. The maximum absolute atomic E-state index is 12.4. The third kappa shape index (κ3) is 4.59. The highest BCUT2D eigenvalue weighted by Gasteiger charge is 2.16. The SMILES string of the molecule is Cc1ccc(-c2cnc(CCC(=O)NC(C)c3ccc4c(c3)OCCO4)o2)cc1. The second kappa shape index (κ2) is 8.39. The van der Waals surface area contributed by atoms with E-state index < -0.39 is 0 Å². The number of hydrogen-bond acceptors (Lipinski definition) is 5. The van der Waals surface area contributed by atoms with Crippen LogP contribution in [0.25, 0.3) is 11.3 Å². The van der Waals surface area contributed by atoms with Crippen LogP contribution in [0.1, 0.15) is 36.4 Å². The van der Waals surface area contributed by atoms with E-state index >= 15 is 0 Å². The molecule has 1 atom stereocenters. The van der Waals surface area contributed by atoms with Crippen LogP contribution in [0.5, 0.6) is 11.5 Å². The molecule has 29 heavy (non-hydrogen) atoms. The molecule has 4 rings (SSSR count). The molecule has 2 aromatic carbocycles. The molecule has 1 unspecified atom stereocenters. The van der Waals surface area contributed by atoms with E-state index in [4.69, 9.17) is 13.9 Å². The first kappa shape index (κ1) is 19.1. The predicted molar refractivity (Wildman–Crippen MR) is 109 cm³/mol. The van der Waals surface area contributed by atoms with E-state index in [1.165, 1.54) is 5.56 Å². The minimum absolute atomic E-state index is 0.0533. The Morgan fingerprint density at radius 3 is 2.66 bits per heavy atom. The number of benzene rings is 2. The monoisotopic (exact) mass is 392 g/mol. The van der Waals surface area contributed by atoms with Crippen molar-refractivity contribution in [1.82, 2.24) is 10.3 Å². The molecule has 0 bridgehead atoms. The molecule has 0 radical (unpaired) electrons. The summed E-state index contributed by atoms with van der Waals surface area (Å²) >= 11 is 0. The van der Waals surface area contributed by atoms with Gasteiger partial charge < -0.3 is 19.2 Å². The maximum Gasteiger partial charge on any atom is 0.220 e. The van der Waals surface area contributed by atoms with Gasteiger partial charge in [-0.15, -0.1) is 0 Å². The Labute approximate surface area is 169 Å². The molecule has 0 spiro atoms. The largest absolute Gasteiger partial charge is 0.486 e. The van der Waals surface area contributed by atoms with Gasteiger partial charge in [-0.3, -0.25) is 4.79 Å². The fourth-order valence-corrected chi connectivity index (χ4v) is 3.22. The van der Waals surface area contributed by atoms with Crippen LogP contribution in [-0.4, -0.2) is 24.1 Å². The molecule has 150 valence electrons. The highest BCUT2D eigenvalue weighted by molar-refractivity contribution is 5.76. The Kier molecular flexibility index (Phi) is 5.51. The molecule has 0 saturated heterocycles. The van der Waals surface area contributed by atoms with Crippen molar-refractivity contribution < 1.29 is 18.7 Å². The van der Waals surface area contributed by atoms with Crippen LogP contribution in [0, 0.1) is 6.92 Å². The van der Waals surface area contributed by atoms with Crippen LogP contribution in [0.4, 0.5) is 0 Å². The van der Waals surface area contributed by atoms with Crippen molar-refractivity contribution in [1.29, 1.82) is 0 Å². The maximum atomic E-state index is 12.4. The van der Waals surface area contributed by atoms with Crippen LogP contribution >= 0.6 is 0 Å². The normalized spacial score (nSPS) is 13.7. The highest BCUT2D eigenvalue weighted by atomic mass is 16.6. The Bertz CT molecular complexity index is 994. The second-order valence-electron chi connectivity index (χ2n) is 7.18. The Morgan fingerprint density at radius 2 is 1.86 bits per heavy atom. The first-order chi connectivity index (χ1) is 14.1. The summed E-state index contributed by atoms with van der Waals surface area (Å²) in [5, 5.41) is 3.01. The van der Waals surface area contributed by atoms with Crippen molar-refractivity contribution >= 4 is 5.91 Å². The molecular formula is C23H24N2O4. The van der Waals surface area contributed by atoms with Gasteiger partial charge in [0.15, 0.2) is 23.1 Å². The summed E-state index contributed by atoms with van der Waals surface area (Å²) in [4.78, 5) is 16.7. The van der Waals surface area contributed by atoms with Gasteiger partial charge in [-0.1, -0.05) is 35.9 Å². The number of nitrogens with one attached hydrogen (secondary N) is 1. The summed E-state index contributed by atoms with van der Waals surface area (Å²) in [6, 6.07) is 13.7. The predicted octanol–water partition coefficient (Wildman–Crippen LogP) is 4.23. The molecule has 6 nitrogen and oxygen atoms in total. The van der Waals surface area contributed by atoms with Gasteiger partial charge >= 0.3 is 0 Å². The van der Waals surface area contributed by atoms with E-state index in [0.717, 1.165) is 22.6 Å². The van der Waals surface area contributed by atoms with E-state index in [0.29, 0.717) is 37.7 Å². The van der Waals surface area contributed by atoms with Gasteiger partial charge in [-0.05, 0) is 31.5 Å². The molecule has 0 aliphatic carbocycles. The number of hydrogen-bond donors (Lipinski definition) is 1. The number of fused-ring (bicyclic) bond motifs is 1. The zero-order valence-corrected chi connectivity index (χ0v) is 16.6. The third-order valence-corrected chi connectivity index (χ3v) is 4.90. The van der Waals surface area contributed by atoms with Gasteiger partial charge in [-0.25, -0.2) is 4.98 Å². The van der Waals surface area contributed by atoms with Crippen molar-refractivity contribution in [2.75, 3.05) is 13.2 Å². The molecule has 3 aromatic rings. The lowest BCUT2D eigenvalue weighted by Gasteiger charge is -2.21. The van der Waals surface area contributed by atoms with Gasteiger partial charge in [0.25, 0.3) is 0 Å². The zero-order valence-electron chi connectivity index (χ0n) is 16.6. The number of nitrogens with zero attached hydrogens (tertiary/aromatic N) is 1. The summed E-state index contributed by atoms with van der Waals surface area (Å²) in [5.74, 6) is 2.68. The van der Waals surface area contributed by atoms with Gasteiger partial charge in [0, 0.05) is 18.4 Å². The molecule has 6 heteroatoms. The lowest BCUT2D eigenvalue weighted by atomic mass is 10.1. The summed E-state index contributed by atoms with van der Waals surface area (Å²) in [7, 11) is 0. The molecule has 0 saturated carbocycles. The van der Waals surface area contributed by atoms with Crippen LogP contribution < -0.4 is 14.8 Å².